The second-order valence-corrected chi connectivity index (χ2v) is 15.1. The Morgan fingerprint density at radius 1 is 0.731 bits per heavy atom. The largest absolute Gasteiger partial charge is 0.346 e. The summed E-state index contributed by atoms with van der Waals surface area (Å²) in [6.45, 7) is 7.93. The summed E-state index contributed by atoms with van der Waals surface area (Å²) < 4.78 is 54.5. The maximum Gasteiger partial charge on any atom is 0.248 e. The molecule has 2 atom stereocenters. The number of halogens is 4. The predicted molar refractivity (Wildman–Crippen MR) is 191 cm³/mol. The van der Waals surface area contributed by atoms with Gasteiger partial charge in [0.15, 0.2) is 0 Å². The average Bonchev–Trinajstić information content (AvgIpc) is 3.76. The van der Waals surface area contributed by atoms with Crippen LogP contribution >= 0.6 is 0 Å². The molecule has 4 aromatic rings. The van der Waals surface area contributed by atoms with E-state index in [1.807, 2.05) is 70.2 Å². The topological polar surface area (TPSA) is 116 Å². The average molecular weight is 719 g/mol. The van der Waals surface area contributed by atoms with Crippen molar-refractivity contribution in [1.82, 2.24) is 30.6 Å². The van der Waals surface area contributed by atoms with Crippen LogP contribution in [0, 0.1) is 35.5 Å². The first-order valence-corrected chi connectivity index (χ1v) is 18.2. The van der Waals surface area contributed by atoms with Crippen LogP contribution in [0.4, 0.5) is 17.6 Å². The third-order valence-electron chi connectivity index (χ3n) is 10.3. The molecule has 276 valence electrons. The van der Waals surface area contributed by atoms with Gasteiger partial charge >= 0.3 is 0 Å². The molecule has 0 bridgehead atoms. The molecule has 2 aliphatic carbocycles. The van der Waals surface area contributed by atoms with Crippen LogP contribution in [-0.4, -0.2) is 43.6 Å². The van der Waals surface area contributed by atoms with Crippen LogP contribution < -0.4 is 10.6 Å². The fraction of sp³-hybridized carbons (Fsp3) is 0.500. The zero-order chi connectivity index (χ0) is 37.2. The first kappa shape index (κ1) is 37.1. The summed E-state index contributed by atoms with van der Waals surface area (Å²) in [5.74, 6) is 1.04. The normalized spacial score (nSPS) is 18.9. The second-order valence-electron chi connectivity index (χ2n) is 15.1. The summed E-state index contributed by atoms with van der Waals surface area (Å²) in [7, 11) is 0. The zero-order valence-electron chi connectivity index (χ0n) is 30.0. The van der Waals surface area contributed by atoms with Crippen molar-refractivity contribution in [3.8, 4) is 23.1 Å². The summed E-state index contributed by atoms with van der Waals surface area (Å²) in [5.41, 5.74) is 4.78. The molecular weight excluding hydrogens is 672 g/mol. The van der Waals surface area contributed by atoms with Crippen molar-refractivity contribution in [2.24, 2.45) is 23.7 Å². The lowest BCUT2D eigenvalue weighted by molar-refractivity contribution is -0.131. The monoisotopic (exact) mass is 718 g/mol. The smallest absolute Gasteiger partial charge is 0.248 e. The van der Waals surface area contributed by atoms with Gasteiger partial charge in [0, 0.05) is 48.6 Å². The number of amides is 2. The Balaban J connectivity index is 1.09. The molecule has 2 aromatic carbocycles. The summed E-state index contributed by atoms with van der Waals surface area (Å²) >= 11 is 0. The fourth-order valence-electron chi connectivity index (χ4n) is 7.02. The number of aromatic amines is 2. The molecule has 2 aromatic heterocycles. The Labute approximate surface area is 301 Å². The van der Waals surface area contributed by atoms with Crippen molar-refractivity contribution >= 4 is 22.8 Å². The molecule has 4 N–H and O–H groups in total. The maximum absolute atomic E-state index is 13.6. The van der Waals surface area contributed by atoms with E-state index in [2.05, 4.69) is 37.4 Å². The van der Waals surface area contributed by atoms with Crippen molar-refractivity contribution in [2.45, 2.75) is 103 Å². The Morgan fingerprint density at radius 3 is 1.77 bits per heavy atom. The number of benzene rings is 2. The maximum atomic E-state index is 13.6. The molecule has 0 saturated heterocycles. The molecule has 2 heterocycles. The standard InChI is InChI=1S/C40H46F4N6O2/c1-23(2)33(49-37(51)28-13-17-39(41,42)18-14-28)35-45-22-32(48-35)27-10-7-25(8-11-27)5-6-26-9-12-30-31(21-26)47-36(46-30)34(24(3)4)50-38(52)29-15-19-40(43,44)20-16-29/h7-12,21-24,28-29,33-34H,13-20H2,1-4H3,(H,45,48)(H,46,47)(H,49,51)(H,50,52)/t33-,34-/m0/s1. The SMILES string of the molecule is CC(C)[C@H](NC(=O)C1CCC(F)(F)CC1)c1ncc(-c2ccc(C#Cc3ccc4nc([C@@H](NC(=O)C5CCC(F)(F)CC5)C(C)C)[nH]c4c3)cc2)[nH]1. The Morgan fingerprint density at radius 2 is 1.23 bits per heavy atom. The van der Waals surface area contributed by atoms with Crippen LogP contribution in [0.1, 0.15) is 114 Å². The third kappa shape index (κ3) is 8.85. The van der Waals surface area contributed by atoms with E-state index in [1.165, 1.54) is 0 Å². The number of imidazole rings is 2. The Kier molecular flexibility index (Phi) is 10.8. The van der Waals surface area contributed by atoms with E-state index in [0.29, 0.717) is 11.6 Å². The molecule has 0 aliphatic heterocycles. The number of nitrogens with zero attached hydrogens (tertiary/aromatic N) is 2. The first-order chi connectivity index (χ1) is 24.7. The summed E-state index contributed by atoms with van der Waals surface area (Å²) in [6.07, 6.45) is 1.38. The van der Waals surface area contributed by atoms with Crippen LogP contribution in [-0.2, 0) is 9.59 Å². The fourth-order valence-corrected chi connectivity index (χ4v) is 7.02. The van der Waals surface area contributed by atoms with E-state index in [9.17, 15) is 27.2 Å². The van der Waals surface area contributed by atoms with Gasteiger partial charge in [-0.15, -0.1) is 0 Å². The van der Waals surface area contributed by atoms with Gasteiger partial charge in [-0.3, -0.25) is 9.59 Å². The van der Waals surface area contributed by atoms with Gasteiger partial charge in [-0.1, -0.05) is 51.7 Å². The number of fused-ring (bicyclic) bond motifs is 1. The molecule has 2 amide bonds. The van der Waals surface area contributed by atoms with E-state index >= 15 is 0 Å². The van der Waals surface area contributed by atoms with E-state index in [1.54, 1.807) is 6.20 Å². The molecule has 12 heteroatoms. The number of hydrogen-bond donors (Lipinski definition) is 4. The number of aromatic nitrogens is 4. The highest BCUT2D eigenvalue weighted by atomic mass is 19.3. The zero-order valence-corrected chi connectivity index (χ0v) is 30.0. The van der Waals surface area contributed by atoms with Crippen molar-refractivity contribution < 1.29 is 27.2 Å². The molecule has 52 heavy (non-hydrogen) atoms. The van der Waals surface area contributed by atoms with Crippen LogP contribution in [0.2, 0.25) is 0 Å². The number of alkyl halides is 4. The summed E-state index contributed by atoms with van der Waals surface area (Å²) in [5, 5.41) is 6.09. The van der Waals surface area contributed by atoms with Gasteiger partial charge in [0.2, 0.25) is 23.7 Å². The Bertz CT molecular complexity index is 1940. The molecule has 6 rings (SSSR count). The van der Waals surface area contributed by atoms with Gasteiger partial charge in [0.1, 0.15) is 11.6 Å². The Hall–Kier alpha value is -4.66. The lowest BCUT2D eigenvalue weighted by Crippen LogP contribution is -2.39. The molecule has 0 radical (unpaired) electrons. The van der Waals surface area contributed by atoms with E-state index in [-0.39, 0.29) is 81.1 Å². The van der Waals surface area contributed by atoms with Gasteiger partial charge < -0.3 is 20.6 Å². The van der Waals surface area contributed by atoms with Gasteiger partial charge in [0.05, 0.1) is 35.0 Å². The minimum absolute atomic E-state index is 0.0226. The lowest BCUT2D eigenvalue weighted by Gasteiger charge is -2.29. The van der Waals surface area contributed by atoms with Crippen molar-refractivity contribution in [3.63, 3.8) is 0 Å². The first-order valence-electron chi connectivity index (χ1n) is 18.2. The highest BCUT2D eigenvalue weighted by molar-refractivity contribution is 5.80. The van der Waals surface area contributed by atoms with Crippen molar-refractivity contribution in [2.75, 3.05) is 0 Å². The van der Waals surface area contributed by atoms with Crippen LogP contribution in [0.3, 0.4) is 0 Å². The molecule has 2 aliphatic rings. The second kappa shape index (κ2) is 15.1. The number of rotatable bonds is 9. The van der Waals surface area contributed by atoms with E-state index in [0.717, 1.165) is 33.4 Å². The van der Waals surface area contributed by atoms with Gasteiger partial charge in [0.25, 0.3) is 0 Å². The number of carbonyl (C=O) groups excluding carboxylic acids is 2. The minimum Gasteiger partial charge on any atom is -0.346 e. The predicted octanol–water partition coefficient (Wildman–Crippen LogP) is 8.63. The number of hydrogen-bond acceptors (Lipinski definition) is 4. The van der Waals surface area contributed by atoms with Crippen LogP contribution in [0.15, 0.2) is 48.7 Å². The number of carbonyl (C=O) groups is 2. The van der Waals surface area contributed by atoms with Crippen molar-refractivity contribution in [3.05, 3.63) is 71.4 Å². The number of H-pyrrole nitrogens is 2. The molecule has 0 unspecified atom stereocenters. The summed E-state index contributed by atoms with van der Waals surface area (Å²) in [4.78, 5) is 41.9. The molecule has 0 spiro atoms. The quantitative estimate of drug-likeness (QED) is 0.102. The van der Waals surface area contributed by atoms with Crippen LogP contribution in [0.5, 0.6) is 0 Å². The van der Waals surface area contributed by atoms with Gasteiger partial charge in [-0.25, -0.2) is 27.5 Å². The van der Waals surface area contributed by atoms with Gasteiger partial charge in [-0.2, -0.15) is 0 Å². The third-order valence-corrected chi connectivity index (χ3v) is 10.3. The lowest BCUT2D eigenvalue weighted by atomic mass is 9.86. The molecule has 8 nitrogen and oxygen atoms in total. The van der Waals surface area contributed by atoms with Crippen molar-refractivity contribution in [1.29, 1.82) is 0 Å². The highest BCUT2D eigenvalue weighted by Crippen LogP contribution is 2.38. The van der Waals surface area contributed by atoms with Crippen LogP contribution in [0.25, 0.3) is 22.3 Å². The number of nitrogens with one attached hydrogen (secondary N) is 4. The molecule has 2 fully saturated rings. The highest BCUT2D eigenvalue weighted by Gasteiger charge is 2.39. The molecular formula is C40H46F4N6O2. The molecule has 2 saturated carbocycles. The van der Waals surface area contributed by atoms with E-state index < -0.39 is 29.7 Å². The minimum atomic E-state index is -2.69. The van der Waals surface area contributed by atoms with E-state index in [4.69, 9.17) is 4.98 Å². The van der Waals surface area contributed by atoms with Gasteiger partial charge in [-0.05, 0) is 73.4 Å². The summed E-state index contributed by atoms with van der Waals surface area (Å²) in [6, 6.07) is 12.6.